The molecule has 0 saturated carbocycles. The summed E-state index contributed by atoms with van der Waals surface area (Å²) in [7, 11) is 0. The summed E-state index contributed by atoms with van der Waals surface area (Å²) in [6.45, 7) is 2.61. The number of carbonyl (C=O) groups is 2. The van der Waals surface area contributed by atoms with Crippen LogP contribution in [0.5, 0.6) is 5.75 Å². The molecule has 34 heavy (non-hydrogen) atoms. The molecule has 7 heteroatoms. The molecular weight excluding hydrogens is 435 g/mol. The number of nitrogens with zero attached hydrogens (tertiary/aromatic N) is 2. The molecule has 1 fully saturated rings. The number of Topliss-reactive ketones (excluding diaryl/α,β-unsaturated/α-hetero) is 1. The largest absolute Gasteiger partial charge is 0.507 e. The maximum Gasteiger partial charge on any atom is 0.295 e. The maximum atomic E-state index is 14.9. The first-order valence-corrected chi connectivity index (χ1v) is 11.2. The normalized spacial score (nSPS) is 17.2. The van der Waals surface area contributed by atoms with Crippen LogP contribution < -0.4 is 4.74 Å². The van der Waals surface area contributed by atoms with E-state index in [4.69, 9.17) is 4.74 Å². The molecule has 1 N–H and O–H groups in total. The lowest BCUT2D eigenvalue weighted by Gasteiger charge is -2.25. The number of likely N-dealkylation sites (tertiary alicyclic amines) is 1. The molecule has 3 aromatic rings. The van der Waals surface area contributed by atoms with Gasteiger partial charge in [-0.1, -0.05) is 49.7 Å². The second-order valence-electron chi connectivity index (χ2n) is 8.04. The van der Waals surface area contributed by atoms with Crippen molar-refractivity contribution in [1.29, 1.82) is 0 Å². The first-order valence-electron chi connectivity index (χ1n) is 11.2. The third-order valence-electron chi connectivity index (χ3n) is 5.69. The third kappa shape index (κ3) is 4.69. The first-order chi connectivity index (χ1) is 16.5. The Morgan fingerprint density at radius 1 is 1.12 bits per heavy atom. The molecule has 0 bridgehead atoms. The zero-order valence-corrected chi connectivity index (χ0v) is 18.8. The van der Waals surface area contributed by atoms with Crippen LogP contribution in [0.25, 0.3) is 5.76 Å². The van der Waals surface area contributed by atoms with Crippen LogP contribution in [0.2, 0.25) is 0 Å². The van der Waals surface area contributed by atoms with E-state index in [1.54, 1.807) is 54.9 Å². The highest BCUT2D eigenvalue weighted by molar-refractivity contribution is 6.46. The number of halogens is 1. The molecule has 1 saturated heterocycles. The fourth-order valence-corrected chi connectivity index (χ4v) is 3.97. The van der Waals surface area contributed by atoms with E-state index in [2.05, 4.69) is 11.9 Å². The number of unbranched alkanes of at least 4 members (excludes halogenated alkanes) is 1. The average molecular weight is 461 g/mol. The van der Waals surface area contributed by atoms with Gasteiger partial charge in [0, 0.05) is 30.1 Å². The summed E-state index contributed by atoms with van der Waals surface area (Å²) < 4.78 is 20.6. The van der Waals surface area contributed by atoms with Gasteiger partial charge >= 0.3 is 0 Å². The lowest BCUT2D eigenvalue weighted by atomic mass is 9.94. The molecule has 0 spiro atoms. The second kappa shape index (κ2) is 10.3. The summed E-state index contributed by atoms with van der Waals surface area (Å²) in [5, 5.41) is 11.2. The predicted octanol–water partition coefficient (Wildman–Crippen LogP) is 5.02. The Morgan fingerprint density at radius 3 is 2.68 bits per heavy atom. The fraction of sp³-hybridized carbons (Fsp3) is 0.222. The van der Waals surface area contributed by atoms with Gasteiger partial charge in [0.15, 0.2) is 0 Å². The number of aromatic nitrogens is 1. The van der Waals surface area contributed by atoms with Gasteiger partial charge in [-0.15, -0.1) is 0 Å². The standard InChI is InChI=1S/C27H25FN2O4/c1-2-3-14-34-20-10-6-9-19(15-20)25(31)23-24(21-11-4-5-12-22(21)28)30(27(33)26(23)32)17-18-8-7-13-29-16-18/h4-13,15-16,24,31H,2-3,14,17H2,1H3/b25-23+. The number of ether oxygens (including phenoxy) is 1. The second-order valence-corrected chi connectivity index (χ2v) is 8.04. The lowest BCUT2D eigenvalue weighted by Crippen LogP contribution is -2.29. The number of amides is 1. The number of rotatable bonds is 8. The van der Waals surface area contributed by atoms with Crippen LogP contribution in [0.1, 0.15) is 42.5 Å². The van der Waals surface area contributed by atoms with Gasteiger partial charge in [-0.3, -0.25) is 14.6 Å². The van der Waals surface area contributed by atoms with Crippen molar-refractivity contribution in [1.82, 2.24) is 9.88 Å². The minimum Gasteiger partial charge on any atom is -0.507 e. The van der Waals surface area contributed by atoms with Crippen molar-refractivity contribution in [2.45, 2.75) is 32.4 Å². The average Bonchev–Trinajstić information content (AvgIpc) is 3.10. The number of hydrogen-bond acceptors (Lipinski definition) is 5. The van der Waals surface area contributed by atoms with Gasteiger partial charge in [-0.2, -0.15) is 0 Å². The van der Waals surface area contributed by atoms with Gasteiger partial charge in [0.25, 0.3) is 11.7 Å². The van der Waals surface area contributed by atoms with E-state index < -0.39 is 23.5 Å². The summed E-state index contributed by atoms with van der Waals surface area (Å²) in [4.78, 5) is 31.5. The third-order valence-corrected chi connectivity index (χ3v) is 5.69. The van der Waals surface area contributed by atoms with Gasteiger partial charge < -0.3 is 14.7 Å². The minimum absolute atomic E-state index is 0.0361. The minimum atomic E-state index is -1.09. The Hall–Kier alpha value is -4.00. The summed E-state index contributed by atoms with van der Waals surface area (Å²) in [5.74, 6) is -2.10. The van der Waals surface area contributed by atoms with Crippen LogP contribution in [0.15, 0.2) is 78.6 Å². The molecular formula is C27H25FN2O4. The van der Waals surface area contributed by atoms with Crippen LogP contribution in [-0.2, 0) is 16.1 Å². The number of ketones is 1. The van der Waals surface area contributed by atoms with Crippen molar-refractivity contribution in [3.05, 3.63) is 101 Å². The molecule has 4 rings (SSSR count). The van der Waals surface area contributed by atoms with E-state index in [0.29, 0.717) is 23.5 Å². The molecule has 1 amide bonds. The smallest absolute Gasteiger partial charge is 0.295 e. The number of hydrogen-bond donors (Lipinski definition) is 1. The molecule has 1 unspecified atom stereocenters. The molecule has 0 aliphatic carbocycles. The van der Waals surface area contributed by atoms with Gasteiger partial charge in [-0.05, 0) is 36.2 Å². The van der Waals surface area contributed by atoms with Crippen molar-refractivity contribution in [3.8, 4) is 5.75 Å². The number of aliphatic hydroxyl groups is 1. The first kappa shape index (κ1) is 23.2. The van der Waals surface area contributed by atoms with Crippen molar-refractivity contribution in [2.75, 3.05) is 6.61 Å². The van der Waals surface area contributed by atoms with Crippen LogP contribution in [-0.4, -0.2) is 33.3 Å². The van der Waals surface area contributed by atoms with E-state index >= 15 is 0 Å². The topological polar surface area (TPSA) is 79.7 Å². The molecule has 2 heterocycles. The van der Waals surface area contributed by atoms with Crippen molar-refractivity contribution < 1.29 is 23.8 Å². The zero-order valence-electron chi connectivity index (χ0n) is 18.8. The van der Waals surface area contributed by atoms with Gasteiger partial charge in [0.05, 0.1) is 18.2 Å². The maximum absolute atomic E-state index is 14.9. The molecule has 174 valence electrons. The molecule has 1 aliphatic rings. The van der Waals surface area contributed by atoms with Crippen molar-refractivity contribution in [3.63, 3.8) is 0 Å². The van der Waals surface area contributed by atoms with Crippen LogP contribution >= 0.6 is 0 Å². The quantitative estimate of drug-likeness (QED) is 0.221. The van der Waals surface area contributed by atoms with E-state index in [1.807, 2.05) is 0 Å². The Bertz CT molecular complexity index is 1230. The van der Waals surface area contributed by atoms with Crippen LogP contribution in [0.3, 0.4) is 0 Å². The van der Waals surface area contributed by atoms with E-state index in [-0.39, 0.29) is 23.4 Å². The Morgan fingerprint density at radius 2 is 1.94 bits per heavy atom. The zero-order chi connectivity index (χ0) is 24.1. The van der Waals surface area contributed by atoms with Gasteiger partial charge in [0.1, 0.15) is 17.3 Å². The van der Waals surface area contributed by atoms with Crippen LogP contribution in [0.4, 0.5) is 4.39 Å². The Kier molecular flexibility index (Phi) is 7.01. The summed E-state index contributed by atoms with van der Waals surface area (Å²) >= 11 is 0. The molecule has 6 nitrogen and oxygen atoms in total. The highest BCUT2D eigenvalue weighted by Crippen LogP contribution is 2.41. The fourth-order valence-electron chi connectivity index (χ4n) is 3.97. The molecule has 2 aromatic carbocycles. The van der Waals surface area contributed by atoms with Crippen LogP contribution in [0, 0.1) is 5.82 Å². The Labute approximate surface area is 197 Å². The molecule has 1 aromatic heterocycles. The van der Waals surface area contributed by atoms with Gasteiger partial charge in [0.2, 0.25) is 0 Å². The summed E-state index contributed by atoms with van der Waals surface area (Å²) in [6.07, 6.45) is 5.03. The van der Waals surface area contributed by atoms with E-state index in [9.17, 15) is 19.1 Å². The SMILES string of the molecule is CCCCOc1cccc(/C(O)=C2\C(=O)C(=O)N(Cc3cccnc3)C2c2ccccc2F)c1. The van der Waals surface area contributed by atoms with E-state index in [1.165, 1.54) is 23.1 Å². The lowest BCUT2D eigenvalue weighted by molar-refractivity contribution is -0.140. The van der Waals surface area contributed by atoms with Crippen molar-refractivity contribution in [2.24, 2.45) is 0 Å². The monoisotopic (exact) mass is 460 g/mol. The summed E-state index contributed by atoms with van der Waals surface area (Å²) in [6, 6.07) is 15.0. The van der Waals surface area contributed by atoms with Gasteiger partial charge in [-0.25, -0.2) is 4.39 Å². The number of pyridine rings is 1. The number of benzene rings is 2. The van der Waals surface area contributed by atoms with E-state index in [0.717, 1.165) is 12.8 Å². The molecule has 1 atom stereocenters. The summed E-state index contributed by atoms with van der Waals surface area (Å²) in [5.41, 5.74) is 0.957. The predicted molar refractivity (Wildman–Crippen MR) is 125 cm³/mol. The van der Waals surface area contributed by atoms with Crippen molar-refractivity contribution >= 4 is 17.4 Å². The highest BCUT2D eigenvalue weighted by Gasteiger charge is 2.47. The number of aliphatic hydroxyl groups excluding tert-OH is 1. The highest BCUT2D eigenvalue weighted by atomic mass is 19.1. The number of carbonyl (C=O) groups excluding carboxylic acids is 2. The molecule has 1 aliphatic heterocycles. The molecule has 0 radical (unpaired) electrons. The Balaban J connectivity index is 1.80.